The van der Waals surface area contributed by atoms with Gasteiger partial charge in [-0.05, 0) is 28.0 Å². The number of benzene rings is 5. The summed E-state index contributed by atoms with van der Waals surface area (Å²) in [4.78, 5) is 0. The van der Waals surface area contributed by atoms with Crippen LogP contribution in [0.2, 0.25) is 0 Å². The van der Waals surface area contributed by atoms with E-state index in [-0.39, 0.29) is 10.8 Å². The molecule has 0 bridgehead atoms. The Labute approximate surface area is 290 Å². The van der Waals surface area contributed by atoms with Crippen LogP contribution in [0.15, 0.2) is 102 Å². The Morgan fingerprint density at radius 3 is 1.49 bits per heavy atom. The molecular weight excluding hydrogens is 648 g/mol. The Morgan fingerprint density at radius 1 is 0.596 bits per heavy atom. The van der Waals surface area contributed by atoms with Gasteiger partial charge in [-0.2, -0.15) is 0 Å². The van der Waals surface area contributed by atoms with E-state index in [1.165, 1.54) is 38.2 Å². The molecule has 2 heteroatoms. The second kappa shape index (κ2) is 12.6. The number of fused-ring (bicyclic) bond motifs is 6. The van der Waals surface area contributed by atoms with Crippen LogP contribution in [0.5, 0.6) is 5.75 Å². The molecule has 5 aromatic rings. The summed E-state index contributed by atoms with van der Waals surface area (Å²) in [6.07, 6.45) is 5.00. The van der Waals surface area contributed by atoms with Crippen LogP contribution in [0.3, 0.4) is 0 Å². The molecule has 2 aliphatic carbocycles. The van der Waals surface area contributed by atoms with Gasteiger partial charge in [0, 0.05) is 0 Å². The third-order valence-electron chi connectivity index (χ3n) is 10.2. The molecule has 0 saturated heterocycles. The molecule has 47 heavy (non-hydrogen) atoms. The average Bonchev–Trinajstić information content (AvgIpc) is 3.53. The van der Waals surface area contributed by atoms with E-state index in [1.807, 2.05) is 6.07 Å². The van der Waals surface area contributed by atoms with Gasteiger partial charge in [-0.3, -0.25) is 0 Å². The normalized spacial score (nSPS) is 17.1. The Bertz CT molecular complexity index is 2000. The molecule has 7 rings (SSSR count). The van der Waals surface area contributed by atoms with Crippen LogP contribution in [0, 0.1) is 0 Å². The molecule has 1 nitrogen and oxygen atoms in total. The third kappa shape index (κ3) is 6.32. The standard InChI is InChI=1S/C14H22O.2C14H11.C3H6.Zr/c1-13(2,3)10-7-8-12(15)11(9-10)14(4,5)6;2*1-10-8-12-7-6-11-4-2-3-5-13(11)14(12)9-10;1-3-2;/h7-9,15H,1-6H3;2*2-9H,1H3;1-2H3;. The first-order valence-electron chi connectivity index (χ1n) is 17.1. The van der Waals surface area contributed by atoms with E-state index in [9.17, 15) is 5.11 Å². The van der Waals surface area contributed by atoms with Gasteiger partial charge in [0.2, 0.25) is 0 Å². The van der Waals surface area contributed by atoms with Crippen LogP contribution in [-0.2, 0) is 32.1 Å². The summed E-state index contributed by atoms with van der Waals surface area (Å²) < 4.78 is 2.95. The number of hydrogen-bond acceptors (Lipinski definition) is 1. The summed E-state index contributed by atoms with van der Waals surface area (Å²) in [5.41, 5.74) is 11.7. The van der Waals surface area contributed by atoms with Crippen molar-refractivity contribution in [2.24, 2.45) is 0 Å². The zero-order valence-electron chi connectivity index (χ0n) is 29.9. The van der Waals surface area contributed by atoms with Gasteiger partial charge in [0.25, 0.3) is 0 Å². The van der Waals surface area contributed by atoms with Crippen molar-refractivity contribution in [2.75, 3.05) is 0 Å². The molecule has 0 aromatic heterocycles. The van der Waals surface area contributed by atoms with Crippen LogP contribution < -0.4 is 0 Å². The Hall–Kier alpha value is -3.35. The number of allylic oxidation sites excluding steroid dienone is 2. The van der Waals surface area contributed by atoms with E-state index in [4.69, 9.17) is 0 Å². The fraction of sp³-hybridized carbons (Fsp3) is 0.311. The molecule has 240 valence electrons. The number of hydrogen-bond donors (Lipinski definition) is 1. The third-order valence-corrected chi connectivity index (χ3v) is 19.8. The van der Waals surface area contributed by atoms with E-state index in [0.29, 0.717) is 13.0 Å². The van der Waals surface area contributed by atoms with Crippen molar-refractivity contribution >= 4 is 36.9 Å². The molecule has 2 aliphatic rings. The average molecular weight is 698 g/mol. The molecule has 0 aliphatic heterocycles. The molecule has 5 aromatic carbocycles. The number of rotatable bonds is 2. The fourth-order valence-electron chi connectivity index (χ4n) is 7.74. The summed E-state index contributed by atoms with van der Waals surface area (Å²) in [6.45, 7) is 22.5. The molecule has 0 saturated carbocycles. The summed E-state index contributed by atoms with van der Waals surface area (Å²) >= 11 is -2.15. The van der Waals surface area contributed by atoms with Crippen molar-refractivity contribution in [3.63, 3.8) is 0 Å². The monoisotopic (exact) mass is 696 g/mol. The zero-order valence-corrected chi connectivity index (χ0v) is 32.4. The van der Waals surface area contributed by atoms with Crippen molar-refractivity contribution in [2.45, 2.75) is 87.3 Å². The zero-order chi connectivity index (χ0) is 33.8. The van der Waals surface area contributed by atoms with E-state index in [2.05, 4.69) is 160 Å². The van der Waals surface area contributed by atoms with Gasteiger partial charge >= 0.3 is 199 Å². The summed E-state index contributed by atoms with van der Waals surface area (Å²) in [7, 11) is 0. The summed E-state index contributed by atoms with van der Waals surface area (Å²) in [5.74, 6) is 0.399. The van der Waals surface area contributed by atoms with Crippen molar-refractivity contribution in [1.82, 2.24) is 0 Å². The van der Waals surface area contributed by atoms with Gasteiger partial charge < -0.3 is 5.11 Å². The Morgan fingerprint density at radius 2 is 1.06 bits per heavy atom. The number of phenolic OH excluding ortho intramolecular Hbond substituents is 1. The van der Waals surface area contributed by atoms with E-state index in [1.54, 1.807) is 31.5 Å². The van der Waals surface area contributed by atoms with E-state index < -0.39 is 21.3 Å². The molecule has 0 radical (unpaired) electrons. The van der Waals surface area contributed by atoms with Crippen LogP contribution in [0.25, 0.3) is 33.7 Å². The van der Waals surface area contributed by atoms with Crippen LogP contribution in [0.1, 0.15) is 110 Å². The van der Waals surface area contributed by atoms with E-state index >= 15 is 0 Å². The van der Waals surface area contributed by atoms with Crippen LogP contribution >= 0.6 is 0 Å². The second-order valence-corrected chi connectivity index (χ2v) is 23.4. The predicted octanol–water partition coefficient (Wildman–Crippen LogP) is 12.4. The van der Waals surface area contributed by atoms with Gasteiger partial charge in [-0.25, -0.2) is 0 Å². The predicted molar refractivity (Wildman–Crippen MR) is 203 cm³/mol. The van der Waals surface area contributed by atoms with Crippen molar-refractivity contribution in [3.05, 3.63) is 136 Å². The molecular formula is C45H50OZr. The molecule has 0 amide bonds. The fourth-order valence-corrected chi connectivity index (χ4v) is 17.1. The van der Waals surface area contributed by atoms with Gasteiger partial charge in [0.1, 0.15) is 5.75 Å². The summed E-state index contributed by atoms with van der Waals surface area (Å²) in [6, 6.07) is 33.3. The van der Waals surface area contributed by atoms with Gasteiger partial charge in [0.15, 0.2) is 0 Å². The number of aromatic hydroxyl groups is 1. The Kier molecular flexibility index (Phi) is 8.99. The van der Waals surface area contributed by atoms with E-state index in [0.717, 1.165) is 5.56 Å². The maximum absolute atomic E-state index is 9.84. The van der Waals surface area contributed by atoms with Gasteiger partial charge in [-0.1, -0.05) is 53.7 Å². The van der Waals surface area contributed by atoms with Crippen molar-refractivity contribution in [3.8, 4) is 5.75 Å². The van der Waals surface area contributed by atoms with Crippen molar-refractivity contribution < 1.29 is 26.4 Å². The topological polar surface area (TPSA) is 20.2 Å². The van der Waals surface area contributed by atoms with Crippen LogP contribution in [0.4, 0.5) is 0 Å². The SMILES string of the molecule is CC(C)(C)c1ccc(O)c(C(C)(C)C)c1.CC1=Cc2c(ccc3ccccc23)[CH]1[Zr](=[C](C)C)[CH]1C(C)=Cc2c1ccc1ccccc21. The summed E-state index contributed by atoms with van der Waals surface area (Å²) in [5, 5.41) is 15.4. The quantitative estimate of drug-likeness (QED) is 0.195. The molecule has 0 heterocycles. The maximum atomic E-state index is 9.84. The molecule has 0 fully saturated rings. The minimum atomic E-state index is -2.15. The van der Waals surface area contributed by atoms with Crippen LogP contribution in [-0.4, -0.2) is 8.31 Å². The molecule has 2 unspecified atom stereocenters. The molecule has 2 atom stereocenters. The van der Waals surface area contributed by atoms with Crippen molar-refractivity contribution in [1.29, 1.82) is 0 Å². The first kappa shape index (κ1) is 33.6. The molecule has 1 N–H and O–H groups in total. The van der Waals surface area contributed by atoms with Gasteiger partial charge in [-0.15, -0.1) is 0 Å². The second-order valence-electron chi connectivity index (χ2n) is 15.9. The number of phenols is 1. The first-order chi connectivity index (χ1) is 22.2. The first-order valence-corrected chi connectivity index (χ1v) is 21.1. The Balaban J connectivity index is 0.000000218. The molecule has 0 spiro atoms. The van der Waals surface area contributed by atoms with Gasteiger partial charge in [0.05, 0.1) is 0 Å². The minimum absolute atomic E-state index is 0.00859.